The van der Waals surface area contributed by atoms with Crippen molar-refractivity contribution in [1.29, 1.82) is 0 Å². The third kappa shape index (κ3) is 64.8. The van der Waals surface area contributed by atoms with E-state index < -0.39 is 97.5 Å². The van der Waals surface area contributed by atoms with Gasteiger partial charge in [-0.3, -0.25) is 37.3 Å². The Kier molecular flexibility index (Phi) is 60.6. The number of carbonyl (C=O) groups excluding carboxylic acids is 4. The lowest BCUT2D eigenvalue weighted by Gasteiger charge is -2.21. The quantitative estimate of drug-likeness (QED) is 0.0222. The standard InChI is InChI=1S/C71H138O17P2/c1-8-9-10-11-12-13-24-31-38-45-52-68(73)81-59-67(88-71(76)55-48-41-34-27-30-37-44-51-64(6)7)61-86-90(79,80)84-57-65(72)56-83-89(77,78)85-60-66(87-70(75)54-47-40-33-26-21-17-15-19-23-29-36-43-50-63(4)5)58-82-69(74)53-46-39-32-25-20-16-14-18-22-28-35-42-49-62(2)3/h62-67,72H,8-61H2,1-7H3,(H,77,78)(H,79,80)/t65-,66-,67-/m1/s1. The van der Waals surface area contributed by atoms with Crippen molar-refractivity contribution < 1.29 is 80.2 Å². The van der Waals surface area contributed by atoms with Gasteiger partial charge in [-0.25, -0.2) is 9.13 Å². The van der Waals surface area contributed by atoms with Crippen LogP contribution in [0.5, 0.6) is 0 Å². The molecule has 0 aliphatic carbocycles. The first-order valence-corrected chi connectivity index (χ1v) is 39.8. The summed E-state index contributed by atoms with van der Waals surface area (Å²) in [7, 11) is -9.90. The molecule has 0 aromatic rings. The minimum atomic E-state index is -4.95. The number of esters is 4. The molecule has 0 spiro atoms. The van der Waals surface area contributed by atoms with E-state index in [0.29, 0.717) is 31.6 Å². The topological polar surface area (TPSA) is 237 Å². The highest BCUT2D eigenvalue weighted by Gasteiger charge is 2.30. The van der Waals surface area contributed by atoms with Crippen molar-refractivity contribution in [2.24, 2.45) is 17.8 Å². The Labute approximate surface area is 549 Å². The van der Waals surface area contributed by atoms with E-state index >= 15 is 0 Å². The van der Waals surface area contributed by atoms with Crippen molar-refractivity contribution in [2.45, 2.75) is 375 Å². The summed E-state index contributed by atoms with van der Waals surface area (Å²) < 4.78 is 68.3. The van der Waals surface area contributed by atoms with Gasteiger partial charge < -0.3 is 33.8 Å². The van der Waals surface area contributed by atoms with Crippen molar-refractivity contribution >= 4 is 39.5 Å². The Morgan fingerprint density at radius 3 is 0.756 bits per heavy atom. The lowest BCUT2D eigenvalue weighted by Crippen LogP contribution is -2.30. The molecular formula is C71H138O17P2. The molecule has 534 valence electrons. The summed E-state index contributed by atoms with van der Waals surface area (Å²) in [4.78, 5) is 72.5. The summed E-state index contributed by atoms with van der Waals surface area (Å²) in [6.45, 7) is 11.8. The van der Waals surface area contributed by atoms with Crippen molar-refractivity contribution in [1.82, 2.24) is 0 Å². The van der Waals surface area contributed by atoms with Crippen molar-refractivity contribution in [3.8, 4) is 0 Å². The molecule has 2 unspecified atom stereocenters. The molecule has 0 bridgehead atoms. The Hall–Kier alpha value is -1.94. The number of rotatable bonds is 69. The zero-order valence-electron chi connectivity index (χ0n) is 58.6. The van der Waals surface area contributed by atoms with Crippen LogP contribution in [0.15, 0.2) is 0 Å². The van der Waals surface area contributed by atoms with Crippen LogP contribution in [0.1, 0.15) is 357 Å². The van der Waals surface area contributed by atoms with Gasteiger partial charge in [0.05, 0.1) is 26.4 Å². The lowest BCUT2D eigenvalue weighted by atomic mass is 10.0. The molecule has 0 radical (unpaired) electrons. The summed E-state index contributed by atoms with van der Waals surface area (Å²) >= 11 is 0. The summed E-state index contributed by atoms with van der Waals surface area (Å²) in [6.07, 6.45) is 45.8. The molecule has 0 aromatic heterocycles. The number of phosphoric ester groups is 2. The molecule has 0 fully saturated rings. The molecule has 90 heavy (non-hydrogen) atoms. The minimum absolute atomic E-state index is 0.103. The van der Waals surface area contributed by atoms with Crippen LogP contribution in [-0.4, -0.2) is 96.7 Å². The molecule has 0 aliphatic heterocycles. The molecular weight excluding hydrogens is 1190 g/mol. The smallest absolute Gasteiger partial charge is 0.462 e. The highest BCUT2D eigenvalue weighted by molar-refractivity contribution is 7.47. The van der Waals surface area contributed by atoms with Crippen LogP contribution in [0, 0.1) is 17.8 Å². The van der Waals surface area contributed by atoms with Gasteiger partial charge in [-0.2, -0.15) is 0 Å². The lowest BCUT2D eigenvalue weighted by molar-refractivity contribution is -0.161. The summed E-state index contributed by atoms with van der Waals surface area (Å²) in [5.41, 5.74) is 0. The fourth-order valence-corrected chi connectivity index (χ4v) is 12.3. The van der Waals surface area contributed by atoms with Gasteiger partial charge in [-0.1, -0.05) is 305 Å². The number of hydrogen-bond donors (Lipinski definition) is 3. The zero-order chi connectivity index (χ0) is 66.6. The van der Waals surface area contributed by atoms with E-state index in [1.54, 1.807) is 0 Å². The molecule has 17 nitrogen and oxygen atoms in total. The van der Waals surface area contributed by atoms with Crippen molar-refractivity contribution in [3.63, 3.8) is 0 Å². The Balaban J connectivity index is 5.24. The number of aliphatic hydroxyl groups is 1. The molecule has 0 saturated carbocycles. The molecule has 0 rings (SSSR count). The third-order valence-electron chi connectivity index (χ3n) is 16.4. The summed E-state index contributed by atoms with van der Waals surface area (Å²) in [5, 5.41) is 10.6. The number of carbonyl (C=O) groups is 4. The van der Waals surface area contributed by atoms with Crippen LogP contribution < -0.4 is 0 Å². The largest absolute Gasteiger partial charge is 0.472 e. The van der Waals surface area contributed by atoms with Gasteiger partial charge in [0.15, 0.2) is 12.2 Å². The second kappa shape index (κ2) is 61.9. The van der Waals surface area contributed by atoms with E-state index in [1.807, 2.05) is 0 Å². The number of aliphatic hydroxyl groups excluding tert-OH is 1. The van der Waals surface area contributed by atoms with Gasteiger partial charge in [0, 0.05) is 25.7 Å². The first kappa shape index (κ1) is 88.1. The SMILES string of the molecule is CCCCCCCCCCCCC(=O)OC[C@H](COP(=O)(O)OC[C@H](O)COP(=O)(O)OC[C@@H](COC(=O)CCCCCCCCCCCCCCC(C)C)OC(=O)CCCCCCCCCCCCCCC(C)C)OC(=O)CCCCCCCCCC(C)C. The Morgan fingerprint density at radius 1 is 0.300 bits per heavy atom. The first-order chi connectivity index (χ1) is 43.2. The maximum absolute atomic E-state index is 13.0. The summed E-state index contributed by atoms with van der Waals surface area (Å²) in [5.74, 6) is 0.128. The van der Waals surface area contributed by atoms with Gasteiger partial charge in [-0.05, 0) is 43.4 Å². The normalized spacial score (nSPS) is 14.2. The fraction of sp³-hybridized carbons (Fsp3) is 0.944. The first-order valence-electron chi connectivity index (χ1n) is 36.8. The highest BCUT2D eigenvalue weighted by Crippen LogP contribution is 2.45. The van der Waals surface area contributed by atoms with Gasteiger partial charge in [0.2, 0.25) is 0 Å². The average Bonchev–Trinajstić information content (AvgIpc) is 3.17. The van der Waals surface area contributed by atoms with Crippen LogP contribution in [0.25, 0.3) is 0 Å². The predicted molar refractivity (Wildman–Crippen MR) is 363 cm³/mol. The number of unbranched alkanes of at least 4 members (excludes halogenated alkanes) is 37. The molecule has 0 aromatic carbocycles. The van der Waals surface area contributed by atoms with Gasteiger partial charge in [0.1, 0.15) is 19.3 Å². The fourth-order valence-electron chi connectivity index (χ4n) is 10.7. The van der Waals surface area contributed by atoms with Crippen LogP contribution >= 0.6 is 15.6 Å². The molecule has 0 heterocycles. The van der Waals surface area contributed by atoms with E-state index in [0.717, 1.165) is 102 Å². The van der Waals surface area contributed by atoms with E-state index in [9.17, 15) is 43.2 Å². The predicted octanol–water partition coefficient (Wildman–Crippen LogP) is 20.2. The second-order valence-electron chi connectivity index (χ2n) is 27.1. The molecule has 3 N–H and O–H groups in total. The second-order valence-corrected chi connectivity index (χ2v) is 30.0. The van der Waals surface area contributed by atoms with Crippen LogP contribution in [0.4, 0.5) is 0 Å². The van der Waals surface area contributed by atoms with Crippen LogP contribution in [0.2, 0.25) is 0 Å². The molecule has 0 aliphatic rings. The van der Waals surface area contributed by atoms with E-state index in [1.165, 1.54) is 167 Å². The Morgan fingerprint density at radius 2 is 0.511 bits per heavy atom. The van der Waals surface area contributed by atoms with E-state index in [-0.39, 0.29) is 25.7 Å². The maximum Gasteiger partial charge on any atom is 0.472 e. The van der Waals surface area contributed by atoms with Gasteiger partial charge in [-0.15, -0.1) is 0 Å². The molecule has 0 saturated heterocycles. The van der Waals surface area contributed by atoms with Crippen LogP contribution in [0.3, 0.4) is 0 Å². The van der Waals surface area contributed by atoms with Crippen LogP contribution in [-0.2, 0) is 65.4 Å². The van der Waals surface area contributed by atoms with E-state index in [2.05, 4.69) is 48.5 Å². The third-order valence-corrected chi connectivity index (χ3v) is 18.3. The van der Waals surface area contributed by atoms with Gasteiger partial charge in [0.25, 0.3) is 0 Å². The van der Waals surface area contributed by atoms with Gasteiger partial charge >= 0.3 is 39.5 Å². The number of hydrogen-bond acceptors (Lipinski definition) is 15. The highest BCUT2D eigenvalue weighted by atomic mass is 31.2. The maximum atomic E-state index is 13.0. The van der Waals surface area contributed by atoms with Crippen molar-refractivity contribution in [3.05, 3.63) is 0 Å². The Bertz CT molecular complexity index is 1770. The van der Waals surface area contributed by atoms with Crippen molar-refractivity contribution in [2.75, 3.05) is 39.6 Å². The van der Waals surface area contributed by atoms with E-state index in [4.69, 9.17) is 37.0 Å². The zero-order valence-corrected chi connectivity index (χ0v) is 60.4. The number of phosphoric acid groups is 2. The monoisotopic (exact) mass is 1320 g/mol. The average molecular weight is 1330 g/mol. The minimum Gasteiger partial charge on any atom is -0.462 e. The molecule has 19 heteroatoms. The molecule has 0 amide bonds. The summed E-state index contributed by atoms with van der Waals surface area (Å²) in [6, 6.07) is 0. The number of ether oxygens (including phenoxy) is 4. The molecule has 5 atom stereocenters.